The van der Waals surface area contributed by atoms with Gasteiger partial charge in [-0.3, -0.25) is 0 Å². The van der Waals surface area contributed by atoms with Gasteiger partial charge in [0.2, 0.25) is 0 Å². The fourth-order valence-electron chi connectivity index (χ4n) is 2.26. The number of halogens is 1. The molecule has 114 valence electrons. The van der Waals surface area contributed by atoms with E-state index in [4.69, 9.17) is 22.1 Å². The number of rotatable bonds is 3. The Morgan fingerprint density at radius 1 is 1.22 bits per heavy atom. The molecule has 0 aliphatic heterocycles. The molecule has 0 unspecified atom stereocenters. The summed E-state index contributed by atoms with van der Waals surface area (Å²) in [6.07, 6.45) is 0. The van der Waals surface area contributed by atoms with Crippen LogP contribution in [0.1, 0.15) is 5.56 Å². The lowest BCUT2D eigenvalue weighted by molar-refractivity contribution is 0.415. The summed E-state index contributed by atoms with van der Waals surface area (Å²) < 4.78 is 5.84. The SMILES string of the molecule is COc1ccc(-c2cc(-c3ccc(Cl)s3)nc(N)c2C#N)cc1. The number of hydrogen-bond acceptors (Lipinski definition) is 5. The zero-order valence-electron chi connectivity index (χ0n) is 12.2. The maximum Gasteiger partial charge on any atom is 0.142 e. The van der Waals surface area contributed by atoms with Gasteiger partial charge in [0.1, 0.15) is 23.2 Å². The van der Waals surface area contributed by atoms with Gasteiger partial charge in [0.25, 0.3) is 0 Å². The number of nitrogens with two attached hydrogens (primary N) is 1. The minimum Gasteiger partial charge on any atom is -0.497 e. The number of thiophene rings is 1. The van der Waals surface area contributed by atoms with Crippen molar-refractivity contribution in [1.29, 1.82) is 5.26 Å². The fourth-order valence-corrected chi connectivity index (χ4v) is 3.26. The molecule has 2 aromatic heterocycles. The molecule has 0 amide bonds. The lowest BCUT2D eigenvalue weighted by atomic mass is 10.00. The Bertz CT molecular complexity index is 897. The number of pyridine rings is 1. The van der Waals surface area contributed by atoms with Crippen LogP contribution in [0.15, 0.2) is 42.5 Å². The van der Waals surface area contributed by atoms with Crippen molar-refractivity contribution >= 4 is 28.8 Å². The number of benzene rings is 1. The average molecular weight is 342 g/mol. The van der Waals surface area contributed by atoms with Gasteiger partial charge in [-0.2, -0.15) is 5.26 Å². The van der Waals surface area contributed by atoms with Crippen LogP contribution in [0.25, 0.3) is 21.7 Å². The fraction of sp³-hybridized carbons (Fsp3) is 0.0588. The van der Waals surface area contributed by atoms with Crippen LogP contribution in [0.2, 0.25) is 4.34 Å². The van der Waals surface area contributed by atoms with Crippen molar-refractivity contribution in [2.75, 3.05) is 12.8 Å². The first-order valence-electron chi connectivity index (χ1n) is 6.73. The molecular formula is C17H12ClN3OS. The lowest BCUT2D eigenvalue weighted by Crippen LogP contribution is -1.99. The molecule has 4 nitrogen and oxygen atoms in total. The van der Waals surface area contributed by atoms with Gasteiger partial charge in [-0.05, 0) is 35.9 Å². The van der Waals surface area contributed by atoms with Gasteiger partial charge < -0.3 is 10.5 Å². The first-order chi connectivity index (χ1) is 11.1. The van der Waals surface area contributed by atoms with E-state index in [0.717, 1.165) is 21.8 Å². The molecule has 1 aromatic carbocycles. The molecule has 2 heterocycles. The van der Waals surface area contributed by atoms with Crippen molar-refractivity contribution in [1.82, 2.24) is 4.98 Å². The number of hydrogen-bond donors (Lipinski definition) is 1. The number of nitriles is 1. The van der Waals surface area contributed by atoms with Crippen molar-refractivity contribution < 1.29 is 4.74 Å². The highest BCUT2D eigenvalue weighted by molar-refractivity contribution is 7.19. The van der Waals surface area contributed by atoms with Crippen molar-refractivity contribution in [3.05, 3.63) is 52.4 Å². The van der Waals surface area contributed by atoms with Crippen LogP contribution < -0.4 is 10.5 Å². The third-order valence-corrected chi connectivity index (χ3v) is 4.64. The Hall–Kier alpha value is -2.55. The third-order valence-electron chi connectivity index (χ3n) is 3.39. The van der Waals surface area contributed by atoms with E-state index in [1.165, 1.54) is 11.3 Å². The summed E-state index contributed by atoms with van der Waals surface area (Å²) in [7, 11) is 1.61. The Morgan fingerprint density at radius 3 is 2.52 bits per heavy atom. The Balaban J connectivity index is 2.17. The van der Waals surface area contributed by atoms with Crippen LogP contribution in [-0.2, 0) is 0 Å². The largest absolute Gasteiger partial charge is 0.497 e. The Morgan fingerprint density at radius 2 is 1.96 bits per heavy atom. The second-order valence-electron chi connectivity index (χ2n) is 4.76. The first kappa shape index (κ1) is 15.3. The van der Waals surface area contributed by atoms with E-state index in [1.807, 2.05) is 42.5 Å². The Labute approximate surface area is 142 Å². The number of nitrogen functional groups attached to an aromatic ring is 1. The van der Waals surface area contributed by atoms with Crippen molar-refractivity contribution in [3.8, 4) is 33.5 Å². The second-order valence-corrected chi connectivity index (χ2v) is 6.47. The predicted molar refractivity (Wildman–Crippen MR) is 93.7 cm³/mol. The van der Waals surface area contributed by atoms with Crippen LogP contribution in [0.4, 0.5) is 5.82 Å². The van der Waals surface area contributed by atoms with Crippen molar-refractivity contribution in [2.45, 2.75) is 0 Å². The van der Waals surface area contributed by atoms with E-state index in [0.29, 0.717) is 15.6 Å². The maximum atomic E-state index is 9.41. The van der Waals surface area contributed by atoms with Crippen LogP contribution in [0.5, 0.6) is 5.75 Å². The van der Waals surface area contributed by atoms with Crippen LogP contribution in [0, 0.1) is 11.3 Å². The quantitative estimate of drug-likeness (QED) is 0.756. The zero-order valence-corrected chi connectivity index (χ0v) is 13.8. The van der Waals surface area contributed by atoms with E-state index in [9.17, 15) is 5.26 Å². The van der Waals surface area contributed by atoms with Crippen LogP contribution in [0.3, 0.4) is 0 Å². The van der Waals surface area contributed by atoms with Gasteiger partial charge in [0, 0.05) is 5.56 Å². The van der Waals surface area contributed by atoms with Crippen molar-refractivity contribution in [3.63, 3.8) is 0 Å². The summed E-state index contributed by atoms with van der Waals surface area (Å²) in [4.78, 5) is 5.23. The van der Waals surface area contributed by atoms with E-state index < -0.39 is 0 Å². The normalized spacial score (nSPS) is 10.3. The molecule has 3 aromatic rings. The lowest BCUT2D eigenvalue weighted by Gasteiger charge is -2.10. The summed E-state index contributed by atoms with van der Waals surface area (Å²) in [5.74, 6) is 0.958. The third kappa shape index (κ3) is 3.00. The molecule has 6 heteroatoms. The van der Waals surface area contributed by atoms with E-state index in [2.05, 4.69) is 11.1 Å². The number of aromatic nitrogens is 1. The molecule has 0 aliphatic carbocycles. The topological polar surface area (TPSA) is 71.9 Å². The number of nitrogens with zero attached hydrogens (tertiary/aromatic N) is 2. The summed E-state index contributed by atoms with van der Waals surface area (Å²) in [5.41, 5.74) is 8.66. The molecule has 0 aliphatic rings. The van der Waals surface area contributed by atoms with Gasteiger partial charge in [-0.25, -0.2) is 4.98 Å². The van der Waals surface area contributed by atoms with Gasteiger partial charge in [0.15, 0.2) is 0 Å². The molecule has 0 spiro atoms. The molecule has 0 bridgehead atoms. The van der Waals surface area contributed by atoms with Gasteiger partial charge in [-0.15, -0.1) is 11.3 Å². The maximum absolute atomic E-state index is 9.41. The highest BCUT2D eigenvalue weighted by Gasteiger charge is 2.14. The zero-order chi connectivity index (χ0) is 16.4. The molecule has 0 atom stereocenters. The van der Waals surface area contributed by atoms with Gasteiger partial charge in [-0.1, -0.05) is 23.7 Å². The van der Waals surface area contributed by atoms with Crippen molar-refractivity contribution in [2.24, 2.45) is 0 Å². The molecular weight excluding hydrogens is 330 g/mol. The molecule has 0 fully saturated rings. The van der Waals surface area contributed by atoms with Crippen LogP contribution in [-0.4, -0.2) is 12.1 Å². The second kappa shape index (κ2) is 6.29. The minimum atomic E-state index is 0.209. The summed E-state index contributed by atoms with van der Waals surface area (Å²) >= 11 is 7.41. The number of methoxy groups -OCH3 is 1. The van der Waals surface area contributed by atoms with E-state index >= 15 is 0 Å². The highest BCUT2D eigenvalue weighted by Crippen LogP contribution is 2.35. The minimum absolute atomic E-state index is 0.209. The molecule has 0 saturated heterocycles. The first-order valence-corrected chi connectivity index (χ1v) is 7.92. The highest BCUT2D eigenvalue weighted by atomic mass is 35.5. The van der Waals surface area contributed by atoms with Gasteiger partial charge in [0.05, 0.1) is 22.0 Å². The summed E-state index contributed by atoms with van der Waals surface area (Å²) in [5, 5.41) is 9.41. The average Bonchev–Trinajstić information content (AvgIpc) is 3.00. The number of ether oxygens (including phenoxy) is 1. The van der Waals surface area contributed by atoms with Gasteiger partial charge >= 0.3 is 0 Å². The van der Waals surface area contributed by atoms with Crippen LogP contribution >= 0.6 is 22.9 Å². The summed E-state index contributed by atoms with van der Waals surface area (Å²) in [6, 6.07) is 15.2. The monoisotopic (exact) mass is 341 g/mol. The van der Waals surface area contributed by atoms with E-state index in [1.54, 1.807) is 7.11 Å². The molecule has 2 N–H and O–H groups in total. The Kier molecular flexibility index (Phi) is 4.20. The smallest absolute Gasteiger partial charge is 0.142 e. The molecule has 0 radical (unpaired) electrons. The number of anilines is 1. The summed E-state index contributed by atoms with van der Waals surface area (Å²) in [6.45, 7) is 0. The predicted octanol–water partition coefficient (Wildman–Crippen LogP) is 4.59. The molecule has 3 rings (SSSR count). The molecule has 0 saturated carbocycles. The van der Waals surface area contributed by atoms with E-state index in [-0.39, 0.29) is 5.82 Å². The standard InChI is InChI=1S/C17H12ClN3OS/c1-22-11-4-2-10(3-5-11)12-8-14(15-6-7-16(18)23-15)21-17(20)13(12)9-19/h2-8H,1H3,(H2,20,21). The molecule has 23 heavy (non-hydrogen) atoms.